The quantitative estimate of drug-likeness (QED) is 0.864. The van der Waals surface area contributed by atoms with Gasteiger partial charge in [0.2, 0.25) is 10.0 Å². The molecule has 1 aromatic carbocycles. The first-order valence-corrected chi connectivity index (χ1v) is 8.85. The first-order valence-electron chi connectivity index (χ1n) is 6.99. The zero-order valence-corrected chi connectivity index (χ0v) is 13.8. The highest BCUT2D eigenvalue weighted by molar-refractivity contribution is 7.89. The molecule has 0 bridgehead atoms. The first kappa shape index (κ1) is 16.7. The lowest BCUT2D eigenvalue weighted by molar-refractivity contribution is 0.0173. The molecule has 7 heteroatoms. The number of halogens is 1. The van der Waals surface area contributed by atoms with E-state index in [4.69, 9.17) is 16.3 Å². The Morgan fingerprint density at radius 2 is 2.19 bits per heavy atom. The molecule has 1 aliphatic heterocycles. The zero-order valence-electron chi connectivity index (χ0n) is 12.2. The summed E-state index contributed by atoms with van der Waals surface area (Å²) in [5.74, 6) is 0. The molecule has 1 aromatic rings. The normalized spacial score (nSPS) is 23.2. The summed E-state index contributed by atoms with van der Waals surface area (Å²) >= 11 is 6.06. The van der Waals surface area contributed by atoms with E-state index in [-0.39, 0.29) is 22.1 Å². The van der Waals surface area contributed by atoms with E-state index in [2.05, 4.69) is 10.0 Å². The maximum atomic E-state index is 12.5. The van der Waals surface area contributed by atoms with E-state index in [9.17, 15) is 8.42 Å². The fraction of sp³-hybridized carbons (Fsp3) is 0.571. The summed E-state index contributed by atoms with van der Waals surface area (Å²) in [6.45, 7) is 3.11. The van der Waals surface area contributed by atoms with E-state index in [1.165, 1.54) is 0 Å². The van der Waals surface area contributed by atoms with Crippen LogP contribution in [-0.2, 0) is 21.3 Å². The minimum absolute atomic E-state index is 0.0672. The molecule has 118 valence electrons. The van der Waals surface area contributed by atoms with Crippen molar-refractivity contribution in [1.29, 1.82) is 0 Å². The SMILES string of the molecule is CNCc1ccc(Cl)c(S(=O)(=O)NC2CCOC(C)C2)c1. The fourth-order valence-electron chi connectivity index (χ4n) is 2.46. The van der Waals surface area contributed by atoms with Crippen molar-refractivity contribution in [2.75, 3.05) is 13.7 Å². The van der Waals surface area contributed by atoms with Gasteiger partial charge < -0.3 is 10.1 Å². The molecule has 1 aliphatic rings. The Bertz CT molecular complexity index is 592. The van der Waals surface area contributed by atoms with Crippen LogP contribution in [0.2, 0.25) is 5.02 Å². The van der Waals surface area contributed by atoms with Crippen molar-refractivity contribution in [3.63, 3.8) is 0 Å². The van der Waals surface area contributed by atoms with Gasteiger partial charge in [0.05, 0.1) is 11.1 Å². The van der Waals surface area contributed by atoms with Crippen molar-refractivity contribution in [2.24, 2.45) is 0 Å². The Balaban J connectivity index is 2.20. The van der Waals surface area contributed by atoms with Crippen molar-refractivity contribution in [3.05, 3.63) is 28.8 Å². The van der Waals surface area contributed by atoms with Crippen LogP contribution in [0.3, 0.4) is 0 Å². The first-order chi connectivity index (χ1) is 9.92. The average molecular weight is 333 g/mol. The number of ether oxygens (including phenoxy) is 1. The van der Waals surface area contributed by atoms with E-state index in [1.807, 2.05) is 20.0 Å². The molecule has 0 amide bonds. The third-order valence-electron chi connectivity index (χ3n) is 3.47. The number of sulfonamides is 1. The summed E-state index contributed by atoms with van der Waals surface area (Å²) in [7, 11) is -1.81. The van der Waals surface area contributed by atoms with Crippen LogP contribution in [0, 0.1) is 0 Å². The van der Waals surface area contributed by atoms with Crippen molar-refractivity contribution in [3.8, 4) is 0 Å². The maximum Gasteiger partial charge on any atom is 0.242 e. The Hall–Kier alpha value is -0.660. The van der Waals surface area contributed by atoms with E-state index >= 15 is 0 Å². The van der Waals surface area contributed by atoms with Gasteiger partial charge in [0.1, 0.15) is 4.90 Å². The fourth-order valence-corrected chi connectivity index (χ4v) is 4.29. The molecule has 0 radical (unpaired) electrons. The minimum Gasteiger partial charge on any atom is -0.378 e. The van der Waals surface area contributed by atoms with Gasteiger partial charge in [-0.05, 0) is 44.5 Å². The van der Waals surface area contributed by atoms with Crippen LogP contribution in [0.4, 0.5) is 0 Å². The van der Waals surface area contributed by atoms with Crippen LogP contribution in [0.15, 0.2) is 23.1 Å². The van der Waals surface area contributed by atoms with Gasteiger partial charge in [0.25, 0.3) is 0 Å². The Morgan fingerprint density at radius 3 is 2.86 bits per heavy atom. The molecule has 0 saturated carbocycles. The number of hydrogen-bond acceptors (Lipinski definition) is 4. The van der Waals surface area contributed by atoms with Crippen LogP contribution in [0.5, 0.6) is 0 Å². The second-order valence-corrected chi connectivity index (χ2v) is 7.41. The second-order valence-electron chi connectivity index (χ2n) is 5.32. The van der Waals surface area contributed by atoms with Gasteiger partial charge in [-0.1, -0.05) is 17.7 Å². The lowest BCUT2D eigenvalue weighted by Gasteiger charge is -2.27. The summed E-state index contributed by atoms with van der Waals surface area (Å²) in [5.41, 5.74) is 0.877. The van der Waals surface area contributed by atoms with Crippen LogP contribution in [-0.4, -0.2) is 34.2 Å². The molecule has 2 unspecified atom stereocenters. The molecule has 1 saturated heterocycles. The van der Waals surface area contributed by atoms with Crippen molar-refractivity contribution >= 4 is 21.6 Å². The topological polar surface area (TPSA) is 67.4 Å². The number of hydrogen-bond donors (Lipinski definition) is 2. The predicted molar refractivity (Wildman–Crippen MR) is 83.0 cm³/mol. The van der Waals surface area contributed by atoms with Crippen LogP contribution in [0.1, 0.15) is 25.3 Å². The molecule has 21 heavy (non-hydrogen) atoms. The average Bonchev–Trinajstić information content (AvgIpc) is 2.40. The van der Waals surface area contributed by atoms with Gasteiger partial charge in [0.15, 0.2) is 0 Å². The molecule has 1 fully saturated rings. The van der Waals surface area contributed by atoms with Gasteiger partial charge in [-0.15, -0.1) is 0 Å². The maximum absolute atomic E-state index is 12.5. The lowest BCUT2D eigenvalue weighted by Crippen LogP contribution is -2.41. The summed E-state index contributed by atoms with van der Waals surface area (Å²) in [6, 6.07) is 4.94. The highest BCUT2D eigenvalue weighted by Crippen LogP contribution is 2.24. The standard InChI is InChI=1S/C14H21ClN2O3S/c1-10-7-12(5-6-20-10)17-21(18,19)14-8-11(9-16-2)3-4-13(14)15/h3-4,8,10,12,16-17H,5-7,9H2,1-2H3. The summed E-state index contributed by atoms with van der Waals surface area (Å²) in [5, 5.41) is 3.23. The molecule has 0 aromatic heterocycles. The predicted octanol–water partition coefficient (Wildman–Crippen LogP) is 1.91. The molecule has 0 aliphatic carbocycles. The van der Waals surface area contributed by atoms with Crippen molar-refractivity contribution < 1.29 is 13.2 Å². The smallest absolute Gasteiger partial charge is 0.242 e. The third kappa shape index (κ3) is 4.40. The highest BCUT2D eigenvalue weighted by atomic mass is 35.5. The van der Waals surface area contributed by atoms with Crippen LogP contribution >= 0.6 is 11.6 Å². The Kier molecular flexibility index (Phi) is 5.62. The van der Waals surface area contributed by atoms with E-state index in [1.54, 1.807) is 12.1 Å². The van der Waals surface area contributed by atoms with Gasteiger partial charge >= 0.3 is 0 Å². The summed E-state index contributed by atoms with van der Waals surface area (Å²) in [6.07, 6.45) is 1.42. The van der Waals surface area contributed by atoms with E-state index in [0.717, 1.165) is 5.56 Å². The monoisotopic (exact) mass is 332 g/mol. The number of rotatable bonds is 5. The molecule has 2 N–H and O–H groups in total. The van der Waals surface area contributed by atoms with Gasteiger partial charge in [-0.2, -0.15) is 0 Å². The second kappa shape index (κ2) is 7.07. The third-order valence-corrected chi connectivity index (χ3v) is 5.48. The van der Waals surface area contributed by atoms with Gasteiger partial charge in [-0.3, -0.25) is 0 Å². The number of benzene rings is 1. The minimum atomic E-state index is -3.62. The largest absolute Gasteiger partial charge is 0.378 e. The molecule has 2 atom stereocenters. The van der Waals surface area contributed by atoms with Gasteiger partial charge in [0, 0.05) is 19.2 Å². The lowest BCUT2D eigenvalue weighted by atomic mass is 10.1. The molecular weight excluding hydrogens is 312 g/mol. The van der Waals surface area contributed by atoms with Gasteiger partial charge in [-0.25, -0.2) is 13.1 Å². The Morgan fingerprint density at radius 1 is 1.43 bits per heavy atom. The molecular formula is C14H21ClN2O3S. The zero-order chi connectivity index (χ0) is 15.5. The molecule has 5 nitrogen and oxygen atoms in total. The van der Waals surface area contributed by atoms with Crippen molar-refractivity contribution in [2.45, 2.75) is 43.4 Å². The van der Waals surface area contributed by atoms with Crippen molar-refractivity contribution in [1.82, 2.24) is 10.0 Å². The summed E-state index contributed by atoms with van der Waals surface area (Å²) in [4.78, 5) is 0.135. The number of nitrogens with one attached hydrogen (secondary N) is 2. The van der Waals surface area contributed by atoms with E-state index in [0.29, 0.717) is 26.0 Å². The van der Waals surface area contributed by atoms with E-state index < -0.39 is 10.0 Å². The highest BCUT2D eigenvalue weighted by Gasteiger charge is 2.26. The Labute approximate surface area is 131 Å². The van der Waals surface area contributed by atoms with Crippen LogP contribution in [0.25, 0.3) is 0 Å². The summed E-state index contributed by atoms with van der Waals surface area (Å²) < 4.78 is 33.2. The molecule has 1 heterocycles. The molecule has 2 rings (SSSR count). The molecule has 0 spiro atoms. The van der Waals surface area contributed by atoms with Crippen LogP contribution < -0.4 is 10.0 Å².